The molecule has 0 spiro atoms. The fourth-order valence-corrected chi connectivity index (χ4v) is 5.40. The van der Waals surface area contributed by atoms with Crippen LogP contribution >= 0.6 is 0 Å². The Bertz CT molecular complexity index is 1010. The van der Waals surface area contributed by atoms with Crippen molar-refractivity contribution in [3.05, 3.63) is 71.3 Å². The van der Waals surface area contributed by atoms with Crippen molar-refractivity contribution in [3.8, 4) is 0 Å². The van der Waals surface area contributed by atoms with Gasteiger partial charge in [0.05, 0.1) is 11.6 Å². The van der Waals surface area contributed by atoms with E-state index < -0.39 is 11.2 Å². The number of benzene rings is 2. The van der Waals surface area contributed by atoms with Gasteiger partial charge in [-0.3, -0.25) is 4.79 Å². The summed E-state index contributed by atoms with van der Waals surface area (Å²) in [6, 6.07) is 18.0. The number of rotatable bonds is 6. The molecule has 2 aliphatic rings. The van der Waals surface area contributed by atoms with Crippen molar-refractivity contribution >= 4 is 12.0 Å². The summed E-state index contributed by atoms with van der Waals surface area (Å²) < 4.78 is 6.12. The van der Waals surface area contributed by atoms with Gasteiger partial charge in [0.25, 0.3) is 0 Å². The summed E-state index contributed by atoms with van der Waals surface area (Å²) in [7, 11) is 1.86. The number of amides is 2. The third-order valence-electron chi connectivity index (χ3n) is 7.28. The van der Waals surface area contributed by atoms with E-state index in [4.69, 9.17) is 4.74 Å². The summed E-state index contributed by atoms with van der Waals surface area (Å²) in [5.41, 5.74) is 1.37. The predicted molar refractivity (Wildman–Crippen MR) is 131 cm³/mol. The maximum atomic E-state index is 13.2. The number of hydrogen-bond donors (Lipinski definition) is 1. The molecule has 2 fully saturated rings. The van der Waals surface area contributed by atoms with Crippen molar-refractivity contribution in [1.82, 2.24) is 9.80 Å². The molecule has 0 saturated carbocycles. The molecule has 0 aromatic heterocycles. The highest BCUT2D eigenvalue weighted by atomic mass is 16.6. The summed E-state index contributed by atoms with van der Waals surface area (Å²) in [5.74, 6) is 0.557. The number of cyclic esters (lactones) is 1. The van der Waals surface area contributed by atoms with E-state index in [2.05, 4.69) is 24.3 Å². The molecule has 0 bridgehead atoms. The Balaban J connectivity index is 1.48. The van der Waals surface area contributed by atoms with E-state index >= 15 is 0 Å². The topological polar surface area (TPSA) is 70.1 Å². The Morgan fingerprint density at radius 2 is 1.79 bits per heavy atom. The Labute approximate surface area is 202 Å². The SMILES string of the molecule is CC(c1ccc([C@@H]2CCC(=O)N(C)C2)cc1)N1CC[C@](CC(C)(C)O)(c2ccccc2)OC1=O. The van der Waals surface area contributed by atoms with Crippen molar-refractivity contribution in [3.63, 3.8) is 0 Å². The smallest absolute Gasteiger partial charge is 0.411 e. The Morgan fingerprint density at radius 1 is 1.12 bits per heavy atom. The van der Waals surface area contributed by atoms with Crippen LogP contribution in [0.4, 0.5) is 4.79 Å². The molecule has 1 unspecified atom stereocenters. The fraction of sp³-hybridized carbons (Fsp3) is 0.500. The highest BCUT2D eigenvalue weighted by molar-refractivity contribution is 5.77. The molecule has 6 heteroatoms. The van der Waals surface area contributed by atoms with Crippen LogP contribution in [0.5, 0.6) is 0 Å². The van der Waals surface area contributed by atoms with Gasteiger partial charge in [-0.1, -0.05) is 54.6 Å². The molecule has 0 aliphatic carbocycles. The molecule has 2 aromatic carbocycles. The second-order valence-electron chi connectivity index (χ2n) is 10.5. The molecule has 4 rings (SSSR count). The lowest BCUT2D eigenvalue weighted by atomic mass is 9.80. The summed E-state index contributed by atoms with van der Waals surface area (Å²) in [5, 5.41) is 10.6. The molecule has 2 heterocycles. The van der Waals surface area contributed by atoms with Crippen molar-refractivity contribution in [2.45, 2.75) is 69.6 Å². The van der Waals surface area contributed by atoms with Crippen LogP contribution in [-0.2, 0) is 15.1 Å². The number of carbonyl (C=O) groups excluding carboxylic acids is 2. The van der Waals surface area contributed by atoms with Gasteiger partial charge in [-0.05, 0) is 43.9 Å². The van der Waals surface area contributed by atoms with Crippen LogP contribution in [0.2, 0.25) is 0 Å². The molecular formula is C28H36N2O4. The number of hydrogen-bond acceptors (Lipinski definition) is 4. The van der Waals surface area contributed by atoms with E-state index in [0.717, 1.165) is 24.1 Å². The first-order chi connectivity index (χ1) is 16.1. The van der Waals surface area contributed by atoms with Crippen LogP contribution in [0, 0.1) is 0 Å². The minimum atomic E-state index is -0.975. The quantitative estimate of drug-likeness (QED) is 0.654. The van der Waals surface area contributed by atoms with E-state index in [0.29, 0.717) is 31.7 Å². The van der Waals surface area contributed by atoms with Gasteiger partial charge in [-0.2, -0.15) is 0 Å². The van der Waals surface area contributed by atoms with Crippen LogP contribution in [0.15, 0.2) is 54.6 Å². The largest absolute Gasteiger partial charge is 0.438 e. The molecule has 2 amide bonds. The van der Waals surface area contributed by atoms with E-state index in [1.165, 1.54) is 5.56 Å². The predicted octanol–water partition coefficient (Wildman–Crippen LogP) is 4.98. The maximum Gasteiger partial charge on any atom is 0.411 e. The van der Waals surface area contributed by atoms with Crippen molar-refractivity contribution in [1.29, 1.82) is 0 Å². The fourth-order valence-electron chi connectivity index (χ4n) is 5.40. The third kappa shape index (κ3) is 5.12. The van der Waals surface area contributed by atoms with Gasteiger partial charge in [0.15, 0.2) is 0 Å². The first-order valence-electron chi connectivity index (χ1n) is 12.2. The number of likely N-dealkylation sites (tertiary alicyclic amines) is 1. The van der Waals surface area contributed by atoms with Gasteiger partial charge in [-0.15, -0.1) is 0 Å². The number of nitrogens with zero attached hydrogens (tertiary/aromatic N) is 2. The Hall–Kier alpha value is -2.86. The molecule has 0 radical (unpaired) electrons. The molecule has 182 valence electrons. The van der Waals surface area contributed by atoms with E-state index in [9.17, 15) is 14.7 Å². The minimum absolute atomic E-state index is 0.131. The summed E-state index contributed by atoms with van der Waals surface area (Å²) in [6.45, 7) is 6.82. The van der Waals surface area contributed by atoms with Gasteiger partial charge in [0.2, 0.25) is 5.91 Å². The van der Waals surface area contributed by atoms with Crippen LogP contribution in [0.1, 0.15) is 75.1 Å². The normalized spacial score (nSPS) is 24.7. The number of aliphatic hydroxyl groups is 1. The highest BCUT2D eigenvalue weighted by Crippen LogP contribution is 2.42. The number of ether oxygens (including phenoxy) is 1. The molecule has 1 N–H and O–H groups in total. The van der Waals surface area contributed by atoms with Crippen molar-refractivity contribution in [2.75, 3.05) is 20.1 Å². The lowest BCUT2D eigenvalue weighted by molar-refractivity contribution is -0.132. The van der Waals surface area contributed by atoms with Gasteiger partial charge < -0.3 is 19.6 Å². The summed E-state index contributed by atoms with van der Waals surface area (Å²) in [6.07, 6.45) is 2.05. The van der Waals surface area contributed by atoms with Crippen LogP contribution in [0.25, 0.3) is 0 Å². The number of carbonyl (C=O) groups is 2. The average molecular weight is 465 g/mol. The van der Waals surface area contributed by atoms with Crippen molar-refractivity contribution in [2.24, 2.45) is 0 Å². The van der Waals surface area contributed by atoms with Crippen LogP contribution in [-0.4, -0.2) is 52.6 Å². The summed E-state index contributed by atoms with van der Waals surface area (Å²) >= 11 is 0. The van der Waals surface area contributed by atoms with Gasteiger partial charge in [-0.25, -0.2) is 4.79 Å². The third-order valence-corrected chi connectivity index (χ3v) is 7.28. The van der Waals surface area contributed by atoms with E-state index in [1.807, 2.05) is 44.3 Å². The minimum Gasteiger partial charge on any atom is -0.438 e. The molecule has 2 saturated heterocycles. The van der Waals surface area contributed by atoms with Crippen LogP contribution < -0.4 is 0 Å². The molecular weight excluding hydrogens is 428 g/mol. The molecule has 2 aliphatic heterocycles. The standard InChI is InChI=1S/C28H36N2O4/c1-20(21-10-12-22(13-11-21)23-14-15-25(31)29(4)18-23)30-17-16-28(34-26(30)32,19-27(2,3)33)24-8-6-5-7-9-24/h5-13,20,23,33H,14-19H2,1-4H3/t20?,23-,28+/m1/s1. The zero-order valence-electron chi connectivity index (χ0n) is 20.7. The molecule has 6 nitrogen and oxygen atoms in total. The molecule has 34 heavy (non-hydrogen) atoms. The van der Waals surface area contributed by atoms with Gasteiger partial charge >= 0.3 is 6.09 Å². The molecule has 2 aromatic rings. The van der Waals surface area contributed by atoms with E-state index in [-0.39, 0.29) is 18.0 Å². The lowest BCUT2D eigenvalue weighted by Crippen LogP contribution is -2.51. The zero-order valence-corrected chi connectivity index (χ0v) is 20.7. The first kappa shape index (κ1) is 24.3. The highest BCUT2D eigenvalue weighted by Gasteiger charge is 2.46. The Morgan fingerprint density at radius 3 is 2.38 bits per heavy atom. The first-order valence-corrected chi connectivity index (χ1v) is 12.2. The number of likely N-dealkylation sites (N-methyl/N-ethyl adjacent to an activating group) is 1. The monoisotopic (exact) mass is 464 g/mol. The molecule has 3 atom stereocenters. The number of piperidine rings is 1. The second-order valence-corrected chi connectivity index (χ2v) is 10.5. The Kier molecular flexibility index (Phi) is 6.72. The lowest BCUT2D eigenvalue weighted by Gasteiger charge is -2.45. The van der Waals surface area contributed by atoms with Crippen molar-refractivity contribution < 1.29 is 19.4 Å². The van der Waals surface area contributed by atoms with Gasteiger partial charge in [0.1, 0.15) is 5.60 Å². The van der Waals surface area contributed by atoms with Crippen LogP contribution in [0.3, 0.4) is 0 Å². The van der Waals surface area contributed by atoms with Gasteiger partial charge in [0, 0.05) is 45.3 Å². The zero-order chi connectivity index (χ0) is 24.5. The maximum absolute atomic E-state index is 13.2. The van der Waals surface area contributed by atoms with E-state index in [1.54, 1.807) is 23.6 Å². The second kappa shape index (κ2) is 9.41. The average Bonchev–Trinajstić information content (AvgIpc) is 2.80. The summed E-state index contributed by atoms with van der Waals surface area (Å²) in [4.78, 5) is 28.6.